The molecule has 3 aromatic carbocycles. The quantitative estimate of drug-likeness (QED) is 0.561. The van der Waals surface area contributed by atoms with Gasteiger partial charge in [-0.15, -0.1) is 0 Å². The van der Waals surface area contributed by atoms with Gasteiger partial charge in [0.25, 0.3) is 10.0 Å². The van der Waals surface area contributed by atoms with E-state index in [2.05, 4.69) is 5.32 Å². The fourth-order valence-corrected chi connectivity index (χ4v) is 4.43. The molecule has 6 nitrogen and oxygen atoms in total. The van der Waals surface area contributed by atoms with Crippen molar-refractivity contribution < 1.29 is 17.9 Å². The van der Waals surface area contributed by atoms with E-state index in [9.17, 15) is 13.2 Å². The number of para-hydroxylation sites is 1. The molecule has 8 heteroatoms. The minimum Gasteiger partial charge on any atom is -0.380 e. The normalized spacial score (nSPS) is 11.1. The predicted molar refractivity (Wildman–Crippen MR) is 118 cm³/mol. The molecule has 1 N–H and O–H groups in total. The number of carbonyl (C=O) groups is 1. The molecule has 0 bridgehead atoms. The Hall–Kier alpha value is -2.87. The Bertz CT molecular complexity index is 1100. The van der Waals surface area contributed by atoms with Crippen molar-refractivity contribution in [3.05, 3.63) is 89.4 Å². The fraction of sp³-hybridized carbons (Fsp3) is 0.136. The van der Waals surface area contributed by atoms with Crippen molar-refractivity contribution in [1.82, 2.24) is 0 Å². The molecule has 156 valence electrons. The molecule has 0 saturated heterocycles. The van der Waals surface area contributed by atoms with E-state index in [-0.39, 0.29) is 11.4 Å². The van der Waals surface area contributed by atoms with Gasteiger partial charge < -0.3 is 10.1 Å². The van der Waals surface area contributed by atoms with Crippen LogP contribution in [0.2, 0.25) is 5.02 Å². The van der Waals surface area contributed by atoms with E-state index in [1.807, 2.05) is 6.07 Å². The summed E-state index contributed by atoms with van der Waals surface area (Å²) in [4.78, 5) is 12.8. The van der Waals surface area contributed by atoms with Gasteiger partial charge in [-0.3, -0.25) is 9.10 Å². The lowest BCUT2D eigenvalue weighted by atomic mass is 10.2. The second-order valence-corrected chi connectivity index (χ2v) is 8.78. The van der Waals surface area contributed by atoms with Crippen LogP contribution in [0, 0.1) is 0 Å². The second-order valence-electron chi connectivity index (χ2n) is 6.48. The van der Waals surface area contributed by atoms with E-state index >= 15 is 0 Å². The molecule has 3 rings (SSSR count). The Morgan fingerprint density at radius 3 is 2.37 bits per heavy atom. The monoisotopic (exact) mass is 444 g/mol. The van der Waals surface area contributed by atoms with Gasteiger partial charge in [-0.25, -0.2) is 8.42 Å². The number of carbonyl (C=O) groups excluding carboxylic acids is 1. The number of nitrogens with zero attached hydrogens (tertiary/aromatic N) is 1. The maximum Gasteiger partial charge on any atom is 0.264 e. The molecular weight excluding hydrogens is 424 g/mol. The number of benzene rings is 3. The van der Waals surface area contributed by atoms with E-state index in [1.54, 1.807) is 55.6 Å². The molecule has 0 spiro atoms. The molecule has 0 saturated carbocycles. The molecule has 0 aliphatic heterocycles. The molecule has 3 aromatic rings. The van der Waals surface area contributed by atoms with Gasteiger partial charge in [-0.1, -0.05) is 41.9 Å². The Labute approximate surface area is 181 Å². The number of rotatable bonds is 8. The molecule has 30 heavy (non-hydrogen) atoms. The number of anilines is 2. The lowest BCUT2D eigenvalue weighted by Crippen LogP contribution is -2.38. The van der Waals surface area contributed by atoms with Crippen molar-refractivity contribution in [2.24, 2.45) is 0 Å². The van der Waals surface area contributed by atoms with E-state index < -0.39 is 15.9 Å². The molecule has 0 aromatic heterocycles. The third kappa shape index (κ3) is 5.38. The highest BCUT2D eigenvalue weighted by Gasteiger charge is 2.27. The summed E-state index contributed by atoms with van der Waals surface area (Å²) in [6, 6.07) is 21.5. The molecule has 0 radical (unpaired) electrons. The molecule has 0 aliphatic carbocycles. The Morgan fingerprint density at radius 1 is 1.00 bits per heavy atom. The number of hydrogen-bond acceptors (Lipinski definition) is 4. The van der Waals surface area contributed by atoms with Gasteiger partial charge in [0, 0.05) is 17.8 Å². The third-order valence-corrected chi connectivity index (χ3v) is 6.29. The number of ether oxygens (including phenoxy) is 1. The van der Waals surface area contributed by atoms with Crippen LogP contribution >= 0.6 is 11.6 Å². The van der Waals surface area contributed by atoms with E-state index in [0.29, 0.717) is 23.0 Å². The molecule has 0 unspecified atom stereocenters. The number of methoxy groups -OCH3 is 1. The summed E-state index contributed by atoms with van der Waals surface area (Å²) < 4.78 is 32.7. The second kappa shape index (κ2) is 9.75. The van der Waals surface area contributed by atoms with E-state index in [4.69, 9.17) is 16.3 Å². The third-order valence-electron chi connectivity index (χ3n) is 4.25. The number of halogens is 1. The first kappa shape index (κ1) is 21.8. The van der Waals surface area contributed by atoms with Crippen molar-refractivity contribution in [1.29, 1.82) is 0 Å². The molecule has 0 heterocycles. The van der Waals surface area contributed by atoms with Crippen LogP contribution in [0.5, 0.6) is 0 Å². The van der Waals surface area contributed by atoms with Crippen molar-refractivity contribution in [3.63, 3.8) is 0 Å². The topological polar surface area (TPSA) is 75.7 Å². The summed E-state index contributed by atoms with van der Waals surface area (Å²) in [5, 5.41) is 3.18. The largest absolute Gasteiger partial charge is 0.380 e. The first-order valence-corrected chi connectivity index (χ1v) is 10.9. The van der Waals surface area contributed by atoms with Crippen LogP contribution in [0.1, 0.15) is 5.56 Å². The summed E-state index contributed by atoms with van der Waals surface area (Å²) in [7, 11) is -2.39. The first-order valence-electron chi connectivity index (χ1n) is 9.11. The summed E-state index contributed by atoms with van der Waals surface area (Å²) >= 11 is 5.89. The minimum absolute atomic E-state index is 0.0469. The average molecular weight is 445 g/mol. The summed E-state index contributed by atoms with van der Waals surface area (Å²) in [5.74, 6) is -0.467. The Morgan fingerprint density at radius 2 is 1.70 bits per heavy atom. The van der Waals surface area contributed by atoms with Crippen LogP contribution in [0.25, 0.3) is 0 Å². The maximum absolute atomic E-state index is 13.3. The van der Waals surface area contributed by atoms with Crippen molar-refractivity contribution >= 4 is 38.9 Å². The summed E-state index contributed by atoms with van der Waals surface area (Å²) in [6.45, 7) is 0.0221. The highest BCUT2D eigenvalue weighted by atomic mass is 35.5. The van der Waals surface area contributed by atoms with Crippen LogP contribution in [-0.4, -0.2) is 28.0 Å². The highest BCUT2D eigenvalue weighted by molar-refractivity contribution is 7.92. The van der Waals surface area contributed by atoms with Gasteiger partial charge in [-0.05, 0) is 54.1 Å². The average Bonchev–Trinajstić information content (AvgIpc) is 2.73. The molecule has 1 amide bonds. The fourth-order valence-electron chi connectivity index (χ4n) is 2.88. The van der Waals surface area contributed by atoms with Crippen molar-refractivity contribution in [2.45, 2.75) is 11.5 Å². The maximum atomic E-state index is 13.3. The van der Waals surface area contributed by atoms with E-state index in [0.717, 1.165) is 9.87 Å². The molecule has 0 atom stereocenters. The van der Waals surface area contributed by atoms with Crippen molar-refractivity contribution in [2.75, 3.05) is 23.3 Å². The zero-order valence-corrected chi connectivity index (χ0v) is 17.9. The highest BCUT2D eigenvalue weighted by Crippen LogP contribution is 2.24. The lowest BCUT2D eigenvalue weighted by Gasteiger charge is -2.24. The van der Waals surface area contributed by atoms with Crippen LogP contribution < -0.4 is 9.62 Å². The zero-order chi connectivity index (χ0) is 21.6. The smallest absolute Gasteiger partial charge is 0.264 e. The predicted octanol–water partition coefficient (Wildman–Crippen LogP) is 4.32. The van der Waals surface area contributed by atoms with Crippen LogP contribution in [0.4, 0.5) is 11.4 Å². The number of amides is 1. The molecule has 0 fully saturated rings. The number of nitrogens with one attached hydrogen (secondary N) is 1. The first-order chi connectivity index (χ1) is 14.4. The zero-order valence-electron chi connectivity index (χ0n) is 16.3. The molecule has 0 aliphatic rings. The minimum atomic E-state index is -3.98. The number of hydrogen-bond donors (Lipinski definition) is 1. The van der Waals surface area contributed by atoms with Crippen LogP contribution in [0.15, 0.2) is 83.8 Å². The van der Waals surface area contributed by atoms with E-state index in [1.165, 1.54) is 24.3 Å². The van der Waals surface area contributed by atoms with Gasteiger partial charge in [0.05, 0.1) is 17.2 Å². The lowest BCUT2D eigenvalue weighted by molar-refractivity contribution is -0.114. The SMILES string of the molecule is COCc1cccc(NC(=O)CN(c2ccccc2)S(=O)(=O)c2ccc(Cl)cc2)c1. The standard InChI is InChI=1S/C22H21ClN2O4S/c1-29-16-17-6-5-7-19(14-17)24-22(26)15-25(20-8-3-2-4-9-20)30(27,28)21-12-10-18(23)11-13-21/h2-14H,15-16H2,1H3,(H,24,26). The summed E-state index contributed by atoms with van der Waals surface area (Å²) in [6.07, 6.45) is 0. The summed E-state index contributed by atoms with van der Waals surface area (Å²) in [5.41, 5.74) is 1.84. The van der Waals surface area contributed by atoms with Gasteiger partial charge in [0.15, 0.2) is 0 Å². The van der Waals surface area contributed by atoms with Gasteiger partial charge in [0.2, 0.25) is 5.91 Å². The van der Waals surface area contributed by atoms with Gasteiger partial charge in [0.1, 0.15) is 6.54 Å². The Balaban J connectivity index is 1.87. The van der Waals surface area contributed by atoms with Gasteiger partial charge >= 0.3 is 0 Å². The van der Waals surface area contributed by atoms with Crippen LogP contribution in [0.3, 0.4) is 0 Å². The number of sulfonamides is 1. The van der Waals surface area contributed by atoms with Crippen molar-refractivity contribution in [3.8, 4) is 0 Å². The van der Waals surface area contributed by atoms with Gasteiger partial charge in [-0.2, -0.15) is 0 Å². The van der Waals surface area contributed by atoms with Crippen LogP contribution in [-0.2, 0) is 26.2 Å². The molecular formula is C22H21ClN2O4S. The Kier molecular flexibility index (Phi) is 7.10.